The molecule has 0 N–H and O–H groups in total. The standard InChI is InChI=1S/C18H22N2O/c1-14-5-7-16(8-6-14)9-10-18(21)20-13-12-19-11-3-4-17(19)15(20)2/h3-8,11,15H,9-10,12-13H2,1-2H3. The molecule has 0 fully saturated rings. The molecule has 2 heterocycles. The maximum absolute atomic E-state index is 12.5. The molecule has 0 saturated heterocycles. The number of carbonyl (C=O) groups excluding carboxylic acids is 1. The fourth-order valence-corrected chi connectivity index (χ4v) is 3.07. The number of aryl methyl sites for hydroxylation is 2. The first-order valence-electron chi connectivity index (χ1n) is 7.65. The van der Waals surface area contributed by atoms with E-state index in [4.69, 9.17) is 0 Å². The van der Waals surface area contributed by atoms with Crippen LogP contribution in [0.15, 0.2) is 42.6 Å². The molecule has 3 heteroatoms. The third kappa shape index (κ3) is 2.87. The average Bonchev–Trinajstić information content (AvgIpc) is 2.96. The second-order valence-electron chi connectivity index (χ2n) is 5.88. The molecule has 1 aliphatic rings. The molecule has 3 nitrogen and oxygen atoms in total. The maximum atomic E-state index is 12.5. The zero-order chi connectivity index (χ0) is 14.8. The highest BCUT2D eigenvalue weighted by molar-refractivity contribution is 5.77. The van der Waals surface area contributed by atoms with Gasteiger partial charge in [-0.05, 0) is 38.0 Å². The molecule has 1 aromatic carbocycles. The van der Waals surface area contributed by atoms with E-state index in [9.17, 15) is 4.79 Å². The Morgan fingerprint density at radius 3 is 2.71 bits per heavy atom. The van der Waals surface area contributed by atoms with Crippen LogP contribution in [0.1, 0.15) is 36.2 Å². The van der Waals surface area contributed by atoms with Crippen LogP contribution in [0.2, 0.25) is 0 Å². The number of fused-ring (bicyclic) bond motifs is 1. The van der Waals surface area contributed by atoms with Gasteiger partial charge in [0.1, 0.15) is 0 Å². The van der Waals surface area contributed by atoms with Crippen molar-refractivity contribution in [2.24, 2.45) is 0 Å². The van der Waals surface area contributed by atoms with Gasteiger partial charge in [0.2, 0.25) is 5.91 Å². The van der Waals surface area contributed by atoms with Gasteiger partial charge in [0.15, 0.2) is 0 Å². The number of carbonyl (C=O) groups is 1. The molecule has 1 amide bonds. The van der Waals surface area contributed by atoms with Crippen LogP contribution in [0.3, 0.4) is 0 Å². The SMILES string of the molecule is Cc1ccc(CCC(=O)N2CCn3cccc3C2C)cc1. The zero-order valence-electron chi connectivity index (χ0n) is 12.7. The molecule has 2 aromatic rings. The van der Waals surface area contributed by atoms with E-state index in [0.717, 1.165) is 19.5 Å². The third-order valence-electron chi connectivity index (χ3n) is 4.41. The molecule has 21 heavy (non-hydrogen) atoms. The van der Waals surface area contributed by atoms with Crippen molar-refractivity contribution in [3.8, 4) is 0 Å². The predicted octanol–water partition coefficient (Wildman–Crippen LogP) is 3.33. The minimum atomic E-state index is 0.180. The molecule has 0 spiro atoms. The van der Waals surface area contributed by atoms with E-state index in [-0.39, 0.29) is 11.9 Å². The summed E-state index contributed by atoms with van der Waals surface area (Å²) in [5.74, 6) is 0.260. The number of aromatic nitrogens is 1. The van der Waals surface area contributed by atoms with Crippen LogP contribution in [0.4, 0.5) is 0 Å². The quantitative estimate of drug-likeness (QED) is 0.847. The first-order valence-corrected chi connectivity index (χ1v) is 7.65. The summed E-state index contributed by atoms with van der Waals surface area (Å²) >= 11 is 0. The monoisotopic (exact) mass is 282 g/mol. The molecular formula is C18H22N2O. The summed E-state index contributed by atoms with van der Waals surface area (Å²) in [6.07, 6.45) is 3.51. The van der Waals surface area contributed by atoms with Crippen molar-refractivity contribution in [2.45, 2.75) is 39.3 Å². The number of amides is 1. The van der Waals surface area contributed by atoms with Gasteiger partial charge in [-0.1, -0.05) is 29.8 Å². The van der Waals surface area contributed by atoms with Crippen molar-refractivity contribution < 1.29 is 4.79 Å². The topological polar surface area (TPSA) is 25.2 Å². The van der Waals surface area contributed by atoms with Crippen molar-refractivity contribution in [3.63, 3.8) is 0 Å². The lowest BCUT2D eigenvalue weighted by Gasteiger charge is -2.35. The first-order chi connectivity index (χ1) is 10.1. The second-order valence-corrected chi connectivity index (χ2v) is 5.88. The normalized spacial score (nSPS) is 17.6. The van der Waals surface area contributed by atoms with Gasteiger partial charge in [0.25, 0.3) is 0 Å². The van der Waals surface area contributed by atoms with E-state index in [1.165, 1.54) is 16.8 Å². The summed E-state index contributed by atoms with van der Waals surface area (Å²) in [7, 11) is 0. The Hall–Kier alpha value is -2.03. The molecule has 0 radical (unpaired) electrons. The van der Waals surface area contributed by atoms with E-state index in [1.807, 2.05) is 4.90 Å². The van der Waals surface area contributed by atoms with E-state index in [0.29, 0.717) is 6.42 Å². The van der Waals surface area contributed by atoms with Gasteiger partial charge in [-0.15, -0.1) is 0 Å². The van der Waals surface area contributed by atoms with Crippen LogP contribution >= 0.6 is 0 Å². The van der Waals surface area contributed by atoms with Crippen LogP contribution < -0.4 is 0 Å². The fraction of sp³-hybridized carbons (Fsp3) is 0.389. The van der Waals surface area contributed by atoms with Gasteiger partial charge in [-0.2, -0.15) is 0 Å². The highest BCUT2D eigenvalue weighted by Crippen LogP contribution is 2.26. The number of nitrogens with zero attached hydrogens (tertiary/aromatic N) is 2. The van der Waals surface area contributed by atoms with Gasteiger partial charge in [-0.3, -0.25) is 4.79 Å². The fourth-order valence-electron chi connectivity index (χ4n) is 3.07. The summed E-state index contributed by atoms with van der Waals surface area (Å²) in [5, 5.41) is 0. The van der Waals surface area contributed by atoms with E-state index in [1.54, 1.807) is 0 Å². The summed E-state index contributed by atoms with van der Waals surface area (Å²) in [5.41, 5.74) is 3.74. The Kier molecular flexibility index (Phi) is 3.82. The molecule has 110 valence electrons. The number of hydrogen-bond donors (Lipinski definition) is 0. The molecule has 3 rings (SSSR count). The Morgan fingerprint density at radius 1 is 1.19 bits per heavy atom. The lowest BCUT2D eigenvalue weighted by molar-refractivity contribution is -0.134. The molecule has 1 atom stereocenters. The minimum Gasteiger partial charge on any atom is -0.348 e. The van der Waals surface area contributed by atoms with Gasteiger partial charge >= 0.3 is 0 Å². The minimum absolute atomic E-state index is 0.180. The van der Waals surface area contributed by atoms with E-state index < -0.39 is 0 Å². The Bertz CT molecular complexity index is 627. The summed E-state index contributed by atoms with van der Waals surface area (Å²) in [6.45, 7) is 5.92. The van der Waals surface area contributed by atoms with Gasteiger partial charge < -0.3 is 9.47 Å². The van der Waals surface area contributed by atoms with Crippen LogP contribution in [0, 0.1) is 6.92 Å². The van der Waals surface area contributed by atoms with E-state index >= 15 is 0 Å². The molecule has 1 unspecified atom stereocenters. The van der Waals surface area contributed by atoms with E-state index in [2.05, 4.69) is 61.0 Å². The Morgan fingerprint density at radius 2 is 1.95 bits per heavy atom. The number of rotatable bonds is 3. The summed E-state index contributed by atoms with van der Waals surface area (Å²) in [6, 6.07) is 12.8. The van der Waals surface area contributed by atoms with Gasteiger partial charge in [0.05, 0.1) is 6.04 Å². The maximum Gasteiger partial charge on any atom is 0.223 e. The molecular weight excluding hydrogens is 260 g/mol. The molecule has 0 bridgehead atoms. The number of benzene rings is 1. The van der Waals surface area contributed by atoms with Crippen LogP contribution in [-0.2, 0) is 17.8 Å². The van der Waals surface area contributed by atoms with Crippen molar-refractivity contribution in [2.75, 3.05) is 6.54 Å². The summed E-state index contributed by atoms with van der Waals surface area (Å²) in [4.78, 5) is 14.5. The smallest absolute Gasteiger partial charge is 0.223 e. The van der Waals surface area contributed by atoms with Gasteiger partial charge in [0, 0.05) is 31.4 Å². The van der Waals surface area contributed by atoms with Crippen LogP contribution in [0.5, 0.6) is 0 Å². The van der Waals surface area contributed by atoms with Crippen molar-refractivity contribution >= 4 is 5.91 Å². The average molecular weight is 282 g/mol. The third-order valence-corrected chi connectivity index (χ3v) is 4.41. The Balaban J connectivity index is 1.62. The predicted molar refractivity (Wildman–Crippen MR) is 84.1 cm³/mol. The number of hydrogen-bond acceptors (Lipinski definition) is 1. The van der Waals surface area contributed by atoms with Crippen LogP contribution in [-0.4, -0.2) is 21.9 Å². The van der Waals surface area contributed by atoms with Crippen molar-refractivity contribution in [1.82, 2.24) is 9.47 Å². The lowest BCUT2D eigenvalue weighted by Crippen LogP contribution is -2.40. The molecule has 0 saturated carbocycles. The second kappa shape index (κ2) is 5.76. The molecule has 1 aromatic heterocycles. The summed E-state index contributed by atoms with van der Waals surface area (Å²) < 4.78 is 2.24. The highest BCUT2D eigenvalue weighted by Gasteiger charge is 2.26. The molecule has 0 aliphatic carbocycles. The first kappa shape index (κ1) is 13.9. The lowest BCUT2D eigenvalue weighted by atomic mass is 10.1. The van der Waals surface area contributed by atoms with Gasteiger partial charge in [-0.25, -0.2) is 0 Å². The van der Waals surface area contributed by atoms with Crippen molar-refractivity contribution in [3.05, 3.63) is 59.4 Å². The zero-order valence-corrected chi connectivity index (χ0v) is 12.7. The van der Waals surface area contributed by atoms with Crippen LogP contribution in [0.25, 0.3) is 0 Å². The Labute approximate surface area is 126 Å². The molecule has 1 aliphatic heterocycles. The highest BCUT2D eigenvalue weighted by atomic mass is 16.2. The largest absolute Gasteiger partial charge is 0.348 e. The van der Waals surface area contributed by atoms with Crippen molar-refractivity contribution in [1.29, 1.82) is 0 Å².